The number of ether oxygens (including phenoxy) is 1. The van der Waals surface area contributed by atoms with E-state index in [1.54, 1.807) is 0 Å². The number of carbonyl (C=O) groups excluding carboxylic acids is 1. The number of hydrogen-bond donors (Lipinski definition) is 2. The van der Waals surface area contributed by atoms with Gasteiger partial charge in [0.15, 0.2) is 0 Å². The minimum Gasteiger partial charge on any atom is -0.468 e. The zero-order chi connectivity index (χ0) is 15.5. The van der Waals surface area contributed by atoms with Crippen molar-refractivity contribution in [2.45, 2.75) is 51.1 Å². The van der Waals surface area contributed by atoms with Crippen LogP contribution >= 0.6 is 15.9 Å². The summed E-state index contributed by atoms with van der Waals surface area (Å²) in [6.07, 6.45) is 4.94. The molecule has 1 aliphatic rings. The number of nitrogens with two attached hydrogens (primary N) is 1. The van der Waals surface area contributed by atoms with Crippen LogP contribution in [0, 0.1) is 6.92 Å². The van der Waals surface area contributed by atoms with Crippen molar-refractivity contribution in [3.63, 3.8) is 0 Å². The van der Waals surface area contributed by atoms with Gasteiger partial charge in [-0.1, -0.05) is 35.2 Å². The molecule has 0 bridgehead atoms. The zero-order valence-electron chi connectivity index (χ0n) is 12.7. The highest BCUT2D eigenvalue weighted by Gasteiger charge is 2.40. The maximum Gasteiger partial charge on any atom is 0.326 e. The normalized spacial score (nSPS) is 17.5. The van der Waals surface area contributed by atoms with E-state index in [0.29, 0.717) is 6.54 Å². The van der Waals surface area contributed by atoms with Crippen LogP contribution in [0.2, 0.25) is 0 Å². The highest BCUT2D eigenvalue weighted by Crippen LogP contribution is 2.31. The first-order valence-electron chi connectivity index (χ1n) is 7.36. The first-order chi connectivity index (χ1) is 9.98. The number of rotatable bonds is 4. The van der Waals surface area contributed by atoms with Crippen molar-refractivity contribution in [2.75, 3.05) is 12.8 Å². The third-order valence-corrected chi connectivity index (χ3v) is 4.82. The topological polar surface area (TPSA) is 64.3 Å². The number of halogens is 1. The molecule has 21 heavy (non-hydrogen) atoms. The summed E-state index contributed by atoms with van der Waals surface area (Å²) >= 11 is 3.45. The molecule has 1 aromatic rings. The summed E-state index contributed by atoms with van der Waals surface area (Å²) in [4.78, 5) is 12.2. The second-order valence-electron chi connectivity index (χ2n) is 5.78. The number of benzene rings is 1. The Morgan fingerprint density at radius 3 is 2.62 bits per heavy atom. The molecule has 1 aliphatic carbocycles. The predicted molar refractivity (Wildman–Crippen MR) is 88.0 cm³/mol. The number of aryl methyl sites for hydroxylation is 1. The molecule has 0 unspecified atom stereocenters. The van der Waals surface area contributed by atoms with E-state index < -0.39 is 5.54 Å². The molecule has 0 spiro atoms. The lowest BCUT2D eigenvalue weighted by Gasteiger charge is -2.35. The third kappa shape index (κ3) is 3.58. The summed E-state index contributed by atoms with van der Waals surface area (Å²) in [6, 6.07) is 3.94. The first kappa shape index (κ1) is 16.3. The van der Waals surface area contributed by atoms with Crippen LogP contribution in [0.5, 0.6) is 0 Å². The van der Waals surface area contributed by atoms with E-state index in [4.69, 9.17) is 10.5 Å². The summed E-state index contributed by atoms with van der Waals surface area (Å²) < 4.78 is 5.99. The smallest absolute Gasteiger partial charge is 0.326 e. The van der Waals surface area contributed by atoms with Crippen LogP contribution in [0.15, 0.2) is 16.6 Å². The number of methoxy groups -OCH3 is 1. The van der Waals surface area contributed by atoms with E-state index in [9.17, 15) is 4.79 Å². The monoisotopic (exact) mass is 354 g/mol. The highest BCUT2D eigenvalue weighted by molar-refractivity contribution is 9.10. The molecule has 116 valence electrons. The Hall–Kier alpha value is -1.07. The van der Waals surface area contributed by atoms with E-state index in [0.717, 1.165) is 47.0 Å². The maximum atomic E-state index is 12.2. The number of nitrogen functional groups attached to an aromatic ring is 1. The Labute approximate surface area is 134 Å². The number of carbonyl (C=O) groups is 1. The van der Waals surface area contributed by atoms with Gasteiger partial charge >= 0.3 is 5.97 Å². The molecule has 0 radical (unpaired) electrons. The Morgan fingerprint density at radius 2 is 2.05 bits per heavy atom. The molecule has 1 fully saturated rings. The first-order valence-corrected chi connectivity index (χ1v) is 8.16. The van der Waals surface area contributed by atoms with E-state index in [-0.39, 0.29) is 5.97 Å². The summed E-state index contributed by atoms with van der Waals surface area (Å²) in [5.41, 5.74) is 8.45. The predicted octanol–water partition coefficient (Wildman–Crippen LogP) is 3.31. The van der Waals surface area contributed by atoms with E-state index >= 15 is 0 Å². The molecule has 2 rings (SSSR count). The van der Waals surface area contributed by atoms with Crippen molar-refractivity contribution < 1.29 is 9.53 Å². The molecule has 0 heterocycles. The molecule has 3 N–H and O–H groups in total. The SMILES string of the molecule is COC(=O)C1(NCc2c(C)cc(Br)cc2N)CCCCC1. The van der Waals surface area contributed by atoms with Gasteiger partial charge in [0.2, 0.25) is 0 Å². The summed E-state index contributed by atoms with van der Waals surface area (Å²) in [5, 5.41) is 3.43. The summed E-state index contributed by atoms with van der Waals surface area (Å²) in [5.74, 6) is -0.157. The average Bonchev–Trinajstić information content (AvgIpc) is 2.46. The Kier molecular flexibility index (Phi) is 5.27. The number of hydrogen-bond acceptors (Lipinski definition) is 4. The quantitative estimate of drug-likeness (QED) is 0.643. The molecule has 0 aliphatic heterocycles. The van der Waals surface area contributed by atoms with Crippen molar-refractivity contribution >= 4 is 27.6 Å². The van der Waals surface area contributed by atoms with E-state index in [1.165, 1.54) is 13.5 Å². The van der Waals surface area contributed by atoms with Crippen LogP contribution in [0.1, 0.15) is 43.2 Å². The molecular weight excluding hydrogens is 332 g/mol. The van der Waals surface area contributed by atoms with Gasteiger partial charge in [-0.15, -0.1) is 0 Å². The van der Waals surface area contributed by atoms with Crippen molar-refractivity contribution in [3.05, 3.63) is 27.7 Å². The van der Waals surface area contributed by atoms with Crippen molar-refractivity contribution in [2.24, 2.45) is 0 Å². The number of nitrogens with one attached hydrogen (secondary N) is 1. The zero-order valence-corrected chi connectivity index (χ0v) is 14.3. The van der Waals surface area contributed by atoms with Crippen LogP contribution < -0.4 is 11.1 Å². The van der Waals surface area contributed by atoms with Crippen LogP contribution in [-0.4, -0.2) is 18.6 Å². The lowest BCUT2D eigenvalue weighted by Crippen LogP contribution is -2.53. The van der Waals surface area contributed by atoms with Crippen molar-refractivity contribution in [3.8, 4) is 0 Å². The molecule has 0 saturated heterocycles. The molecule has 0 amide bonds. The van der Waals surface area contributed by atoms with E-state index in [1.807, 2.05) is 19.1 Å². The average molecular weight is 355 g/mol. The molecule has 0 atom stereocenters. The van der Waals surface area contributed by atoms with Crippen LogP contribution in [0.4, 0.5) is 5.69 Å². The largest absolute Gasteiger partial charge is 0.468 e. The van der Waals surface area contributed by atoms with Gasteiger partial charge in [-0.25, -0.2) is 0 Å². The van der Waals surface area contributed by atoms with Crippen molar-refractivity contribution in [1.29, 1.82) is 0 Å². The van der Waals surface area contributed by atoms with E-state index in [2.05, 4.69) is 21.2 Å². The van der Waals surface area contributed by atoms with Gasteiger partial charge in [0, 0.05) is 16.7 Å². The minimum absolute atomic E-state index is 0.157. The maximum absolute atomic E-state index is 12.2. The van der Waals surface area contributed by atoms with Crippen LogP contribution in [0.3, 0.4) is 0 Å². The van der Waals surface area contributed by atoms with Gasteiger partial charge < -0.3 is 10.5 Å². The number of anilines is 1. The fourth-order valence-corrected chi connectivity index (χ4v) is 3.69. The van der Waals surface area contributed by atoms with Gasteiger partial charge in [-0.3, -0.25) is 10.1 Å². The molecule has 0 aromatic heterocycles. The van der Waals surface area contributed by atoms with Crippen LogP contribution in [0.25, 0.3) is 0 Å². The molecule has 1 aromatic carbocycles. The summed E-state index contributed by atoms with van der Waals surface area (Å²) in [7, 11) is 1.46. The number of esters is 1. The Balaban J connectivity index is 2.17. The van der Waals surface area contributed by atoms with Crippen LogP contribution in [-0.2, 0) is 16.1 Å². The fraction of sp³-hybridized carbons (Fsp3) is 0.562. The highest BCUT2D eigenvalue weighted by atomic mass is 79.9. The summed E-state index contributed by atoms with van der Waals surface area (Å²) in [6.45, 7) is 2.61. The van der Waals surface area contributed by atoms with Gasteiger partial charge in [-0.05, 0) is 43.0 Å². The Morgan fingerprint density at radius 1 is 1.38 bits per heavy atom. The second kappa shape index (κ2) is 6.79. The fourth-order valence-electron chi connectivity index (χ4n) is 3.10. The standard InChI is InChI=1S/C16H23BrN2O2/c1-11-8-12(17)9-14(18)13(11)10-19-16(15(20)21-2)6-4-3-5-7-16/h8-9,19H,3-7,10,18H2,1-2H3. The van der Waals surface area contributed by atoms with Crippen molar-refractivity contribution in [1.82, 2.24) is 5.32 Å². The second-order valence-corrected chi connectivity index (χ2v) is 6.69. The third-order valence-electron chi connectivity index (χ3n) is 4.36. The van der Waals surface area contributed by atoms with Gasteiger partial charge in [0.05, 0.1) is 7.11 Å². The lowest BCUT2D eigenvalue weighted by molar-refractivity contribution is -0.150. The van der Waals surface area contributed by atoms with Gasteiger partial charge in [0.1, 0.15) is 5.54 Å². The van der Waals surface area contributed by atoms with Gasteiger partial charge in [0.25, 0.3) is 0 Å². The Bertz CT molecular complexity index is 502. The van der Waals surface area contributed by atoms with Gasteiger partial charge in [-0.2, -0.15) is 0 Å². The minimum atomic E-state index is -0.557. The molecule has 5 heteroatoms. The molecule has 4 nitrogen and oxygen atoms in total. The molecular formula is C16H23BrN2O2. The molecule has 1 saturated carbocycles. The lowest BCUT2D eigenvalue weighted by atomic mass is 9.81.